The number of anilines is 1. The van der Waals surface area contributed by atoms with E-state index in [9.17, 15) is 18.0 Å². The predicted octanol–water partition coefficient (Wildman–Crippen LogP) is -1.29. The Kier molecular flexibility index (Phi) is 4.12. The van der Waals surface area contributed by atoms with Crippen LogP contribution >= 0.6 is 0 Å². The fourth-order valence-corrected chi connectivity index (χ4v) is 2.28. The first-order valence-corrected chi connectivity index (χ1v) is 6.32. The maximum absolute atomic E-state index is 12.5. The summed E-state index contributed by atoms with van der Waals surface area (Å²) < 4.78 is 37.4. The first-order valence-electron chi connectivity index (χ1n) is 6.32. The van der Waals surface area contributed by atoms with Crippen LogP contribution in [0, 0.1) is 0 Å². The van der Waals surface area contributed by atoms with Gasteiger partial charge in [0.05, 0.1) is 5.56 Å². The summed E-state index contributed by atoms with van der Waals surface area (Å²) in [4.78, 5) is 16.6. The minimum Gasteiger partial charge on any atom is -0.365 e. The van der Waals surface area contributed by atoms with Gasteiger partial charge in [-0.1, -0.05) is 0 Å². The van der Waals surface area contributed by atoms with E-state index in [1.807, 2.05) is 4.90 Å². The van der Waals surface area contributed by atoms with Crippen molar-refractivity contribution in [3.8, 4) is 0 Å². The molecule has 2 heterocycles. The average Bonchev–Trinajstić information content (AvgIpc) is 2.38. The molecule has 110 valence electrons. The maximum Gasteiger partial charge on any atom is 0.419 e. The molecule has 0 bridgehead atoms. The van der Waals surface area contributed by atoms with Gasteiger partial charge in [0.15, 0.2) is 6.54 Å². The van der Waals surface area contributed by atoms with Crippen molar-refractivity contribution in [2.24, 2.45) is 5.73 Å². The fraction of sp³-hybridized carbons (Fsp3) is 0.500. The summed E-state index contributed by atoms with van der Waals surface area (Å²) in [5.41, 5.74) is 4.45. The molecule has 0 aliphatic carbocycles. The quantitative estimate of drug-likeness (QED) is 0.727. The molecule has 1 aliphatic rings. The van der Waals surface area contributed by atoms with Gasteiger partial charge in [0.25, 0.3) is 11.7 Å². The van der Waals surface area contributed by atoms with Crippen molar-refractivity contribution in [1.29, 1.82) is 0 Å². The Morgan fingerprint density at radius 1 is 1.35 bits per heavy atom. The second-order valence-corrected chi connectivity index (χ2v) is 4.84. The third-order valence-corrected chi connectivity index (χ3v) is 3.36. The molecule has 0 saturated carbocycles. The molecular formula is C12H17F3N4O+2. The van der Waals surface area contributed by atoms with Gasteiger partial charge < -0.3 is 10.6 Å². The summed E-state index contributed by atoms with van der Waals surface area (Å²) in [5, 5.41) is 0. The number of rotatable bonds is 3. The van der Waals surface area contributed by atoms with Crippen molar-refractivity contribution in [1.82, 2.24) is 0 Å². The molecule has 1 aliphatic heterocycles. The molecule has 1 amide bonds. The van der Waals surface area contributed by atoms with Gasteiger partial charge in [-0.05, 0) is 6.07 Å². The summed E-state index contributed by atoms with van der Waals surface area (Å²) in [6, 6.07) is 2.50. The number of H-pyrrole nitrogens is 1. The van der Waals surface area contributed by atoms with E-state index in [0.717, 1.165) is 30.3 Å². The zero-order valence-corrected chi connectivity index (χ0v) is 10.8. The molecular weight excluding hydrogens is 273 g/mol. The van der Waals surface area contributed by atoms with Crippen LogP contribution < -0.4 is 20.5 Å². The van der Waals surface area contributed by atoms with Crippen molar-refractivity contribution in [2.45, 2.75) is 6.18 Å². The molecule has 1 aromatic rings. The maximum atomic E-state index is 12.5. The fourth-order valence-electron chi connectivity index (χ4n) is 2.28. The molecule has 1 saturated heterocycles. The Labute approximate surface area is 114 Å². The first kappa shape index (κ1) is 14.6. The van der Waals surface area contributed by atoms with E-state index in [0.29, 0.717) is 25.5 Å². The highest BCUT2D eigenvalue weighted by Crippen LogP contribution is 2.28. The lowest BCUT2D eigenvalue weighted by molar-refractivity contribution is -0.892. The number of piperazine rings is 1. The van der Waals surface area contributed by atoms with Crippen LogP contribution in [-0.2, 0) is 11.0 Å². The van der Waals surface area contributed by atoms with E-state index in [-0.39, 0.29) is 5.91 Å². The van der Waals surface area contributed by atoms with Gasteiger partial charge >= 0.3 is 6.18 Å². The third-order valence-electron chi connectivity index (χ3n) is 3.36. The number of amides is 1. The number of hydrogen-bond donors (Lipinski definition) is 2. The Bertz CT molecular complexity index is 467. The van der Waals surface area contributed by atoms with Crippen LogP contribution in [0.25, 0.3) is 0 Å². The number of nitrogens with two attached hydrogens (primary N) is 1. The Morgan fingerprint density at radius 2 is 2.00 bits per heavy atom. The van der Waals surface area contributed by atoms with E-state index in [1.165, 1.54) is 6.07 Å². The minimum absolute atomic E-state index is 0.296. The summed E-state index contributed by atoms with van der Waals surface area (Å²) in [7, 11) is 0. The molecule has 0 spiro atoms. The zero-order chi connectivity index (χ0) is 14.8. The Hall–Kier alpha value is -1.83. The lowest BCUT2D eigenvalue weighted by Gasteiger charge is -2.27. The highest BCUT2D eigenvalue weighted by molar-refractivity contribution is 5.74. The number of nitrogens with one attached hydrogen (secondary N) is 2. The molecule has 0 atom stereocenters. The molecule has 8 heteroatoms. The third kappa shape index (κ3) is 3.60. The topological polar surface area (TPSA) is 64.9 Å². The van der Waals surface area contributed by atoms with E-state index < -0.39 is 11.7 Å². The molecule has 2 rings (SSSR count). The van der Waals surface area contributed by atoms with Crippen molar-refractivity contribution in [2.75, 3.05) is 37.6 Å². The molecule has 5 nitrogen and oxygen atoms in total. The van der Waals surface area contributed by atoms with Gasteiger partial charge in [0.2, 0.25) is 0 Å². The minimum atomic E-state index is -4.33. The van der Waals surface area contributed by atoms with Crippen LogP contribution in [0.4, 0.5) is 19.0 Å². The number of halogens is 3. The predicted molar refractivity (Wildman–Crippen MR) is 65.0 cm³/mol. The van der Waals surface area contributed by atoms with Gasteiger partial charge in [0, 0.05) is 6.07 Å². The Balaban J connectivity index is 1.95. The Morgan fingerprint density at radius 3 is 2.45 bits per heavy atom. The summed E-state index contributed by atoms with van der Waals surface area (Å²) in [6.45, 7) is 3.11. The van der Waals surface area contributed by atoms with E-state index >= 15 is 0 Å². The van der Waals surface area contributed by atoms with Gasteiger partial charge in [-0.15, -0.1) is 0 Å². The molecule has 4 N–H and O–H groups in total. The molecule has 20 heavy (non-hydrogen) atoms. The SMILES string of the molecule is NC(=O)C[NH+]1CCN(c2ccc(C(F)(F)F)c[nH+]2)CC1. The molecule has 0 aromatic carbocycles. The molecule has 0 radical (unpaired) electrons. The number of carbonyl (C=O) groups excluding carboxylic acids is 1. The monoisotopic (exact) mass is 290 g/mol. The average molecular weight is 290 g/mol. The highest BCUT2D eigenvalue weighted by atomic mass is 19.4. The van der Waals surface area contributed by atoms with Crippen molar-refractivity contribution in [3.05, 3.63) is 23.9 Å². The lowest BCUT2D eigenvalue weighted by atomic mass is 10.2. The van der Waals surface area contributed by atoms with E-state index in [2.05, 4.69) is 4.98 Å². The second-order valence-electron chi connectivity index (χ2n) is 4.84. The van der Waals surface area contributed by atoms with Crippen LogP contribution in [0.5, 0.6) is 0 Å². The second kappa shape index (κ2) is 5.66. The van der Waals surface area contributed by atoms with Crippen molar-refractivity contribution < 1.29 is 27.8 Å². The number of alkyl halides is 3. The summed E-state index contributed by atoms with van der Waals surface area (Å²) in [5.74, 6) is 0.311. The summed E-state index contributed by atoms with van der Waals surface area (Å²) in [6.07, 6.45) is -3.36. The number of quaternary nitrogens is 1. The van der Waals surface area contributed by atoms with Crippen molar-refractivity contribution >= 4 is 11.7 Å². The van der Waals surface area contributed by atoms with Gasteiger partial charge in [-0.3, -0.25) is 9.69 Å². The number of aromatic amines is 1. The van der Waals surface area contributed by atoms with Crippen LogP contribution in [0.15, 0.2) is 18.3 Å². The zero-order valence-electron chi connectivity index (χ0n) is 10.8. The van der Waals surface area contributed by atoms with E-state index in [1.54, 1.807) is 0 Å². The number of hydrogen-bond acceptors (Lipinski definition) is 2. The number of primary amides is 1. The van der Waals surface area contributed by atoms with Gasteiger partial charge in [0.1, 0.15) is 32.4 Å². The van der Waals surface area contributed by atoms with Crippen LogP contribution in [0.3, 0.4) is 0 Å². The largest absolute Gasteiger partial charge is 0.419 e. The van der Waals surface area contributed by atoms with Gasteiger partial charge in [-0.25, -0.2) is 4.98 Å². The van der Waals surface area contributed by atoms with Crippen LogP contribution in [0.1, 0.15) is 5.56 Å². The van der Waals surface area contributed by atoms with E-state index in [4.69, 9.17) is 5.73 Å². The molecule has 1 fully saturated rings. The number of pyridine rings is 1. The normalized spacial score (nSPS) is 17.2. The van der Waals surface area contributed by atoms with Crippen LogP contribution in [0.2, 0.25) is 0 Å². The number of carbonyl (C=O) groups is 1. The van der Waals surface area contributed by atoms with Crippen molar-refractivity contribution in [3.63, 3.8) is 0 Å². The van der Waals surface area contributed by atoms with Gasteiger partial charge in [-0.2, -0.15) is 13.2 Å². The standard InChI is InChI=1S/C12H15F3N4O/c13-12(14,15)9-1-2-11(17-7-9)19-5-3-18(4-6-19)8-10(16)20/h1-2,7H,3-6,8H2,(H2,16,20)/p+2. The molecule has 0 unspecified atom stereocenters. The number of aromatic nitrogens is 1. The first-order chi connectivity index (χ1) is 9.36. The molecule has 1 aromatic heterocycles. The number of nitrogens with zero attached hydrogens (tertiary/aromatic N) is 1. The summed E-state index contributed by atoms with van der Waals surface area (Å²) >= 11 is 0. The lowest BCUT2D eigenvalue weighted by Crippen LogP contribution is -3.15. The highest BCUT2D eigenvalue weighted by Gasteiger charge is 2.33. The smallest absolute Gasteiger partial charge is 0.365 e. The van der Waals surface area contributed by atoms with Crippen LogP contribution in [-0.4, -0.2) is 38.6 Å².